The van der Waals surface area contributed by atoms with Gasteiger partial charge in [0.05, 0.1) is 6.33 Å². The van der Waals surface area contributed by atoms with Crippen LogP contribution in [0.4, 0.5) is 0 Å². The Balaban J connectivity index is 2.17. The summed E-state index contributed by atoms with van der Waals surface area (Å²) in [5.74, 6) is -0.0247. The molecule has 20 heavy (non-hydrogen) atoms. The lowest BCUT2D eigenvalue weighted by Gasteiger charge is -1.99. The fraction of sp³-hybridized carbons (Fsp3) is 0. The van der Waals surface area contributed by atoms with Gasteiger partial charge in [-0.25, -0.2) is 14.8 Å². The van der Waals surface area contributed by atoms with Gasteiger partial charge in [-0.2, -0.15) is 4.57 Å². The quantitative estimate of drug-likeness (QED) is 0.499. The molecule has 0 atom stereocenters. The van der Waals surface area contributed by atoms with Crippen molar-refractivity contribution >= 4 is 22.2 Å². The van der Waals surface area contributed by atoms with E-state index in [0.717, 1.165) is 4.57 Å². The molecular formula is C11H6N6O3. The molecule has 0 fully saturated rings. The largest absolute Gasteiger partial charge is 0.339 e. The highest BCUT2D eigenvalue weighted by atomic mass is 16.5. The monoisotopic (exact) mass is 270 g/mol. The second-order valence-electron chi connectivity index (χ2n) is 4.06. The lowest BCUT2D eigenvalue weighted by atomic mass is 10.4. The zero-order chi connectivity index (χ0) is 13.7. The minimum atomic E-state index is -0.668. The smallest absolute Gasteiger partial charge is 0.337 e. The van der Waals surface area contributed by atoms with Crippen molar-refractivity contribution in [1.82, 2.24) is 29.7 Å². The van der Waals surface area contributed by atoms with Crippen LogP contribution in [0.1, 0.15) is 0 Å². The molecule has 4 heterocycles. The van der Waals surface area contributed by atoms with Gasteiger partial charge in [-0.1, -0.05) is 5.16 Å². The standard InChI is InChI=1S/C11H6N6O3/c18-9-7-8(14-4-13-7)15-11(19)17(9)10-6-5(16-20-10)2-1-3-12-6/h1-4H,(H,13,14)(H,15,19). The van der Waals surface area contributed by atoms with E-state index in [1.54, 1.807) is 12.1 Å². The van der Waals surface area contributed by atoms with E-state index in [9.17, 15) is 9.59 Å². The van der Waals surface area contributed by atoms with Crippen LogP contribution in [0.25, 0.3) is 28.1 Å². The number of pyridine rings is 1. The van der Waals surface area contributed by atoms with Crippen molar-refractivity contribution in [2.24, 2.45) is 0 Å². The summed E-state index contributed by atoms with van der Waals surface area (Å²) in [4.78, 5) is 37.4. The van der Waals surface area contributed by atoms with Gasteiger partial charge < -0.3 is 9.51 Å². The molecule has 0 amide bonds. The third-order valence-electron chi connectivity index (χ3n) is 2.91. The van der Waals surface area contributed by atoms with Crippen molar-refractivity contribution in [1.29, 1.82) is 0 Å². The van der Waals surface area contributed by atoms with Crippen LogP contribution in [0.15, 0.2) is 38.8 Å². The maximum absolute atomic E-state index is 12.3. The molecule has 0 aliphatic heterocycles. The number of hydrogen-bond acceptors (Lipinski definition) is 6. The van der Waals surface area contributed by atoms with Crippen LogP contribution in [0.2, 0.25) is 0 Å². The molecule has 2 N–H and O–H groups in total. The van der Waals surface area contributed by atoms with E-state index in [1.165, 1.54) is 12.5 Å². The van der Waals surface area contributed by atoms with Gasteiger partial charge in [0.1, 0.15) is 11.0 Å². The SMILES string of the molecule is O=c1[nH]c2nc[nH]c2c(=O)n1-c1onc2cccnc12. The number of aromatic amines is 2. The van der Waals surface area contributed by atoms with Crippen LogP contribution in [0.5, 0.6) is 0 Å². The summed E-state index contributed by atoms with van der Waals surface area (Å²) < 4.78 is 5.92. The van der Waals surface area contributed by atoms with Crippen LogP contribution in [0, 0.1) is 0 Å². The fourth-order valence-electron chi connectivity index (χ4n) is 2.02. The molecule has 4 aromatic heterocycles. The first-order valence-electron chi connectivity index (χ1n) is 5.65. The molecule has 98 valence electrons. The number of hydrogen-bond donors (Lipinski definition) is 2. The zero-order valence-electron chi connectivity index (χ0n) is 9.82. The summed E-state index contributed by atoms with van der Waals surface area (Å²) in [7, 11) is 0. The van der Waals surface area contributed by atoms with Crippen LogP contribution in [0.3, 0.4) is 0 Å². The highest BCUT2D eigenvalue weighted by molar-refractivity contribution is 5.80. The zero-order valence-corrected chi connectivity index (χ0v) is 9.82. The topological polar surface area (TPSA) is 122 Å². The van der Waals surface area contributed by atoms with Crippen molar-refractivity contribution in [2.75, 3.05) is 0 Å². The second kappa shape index (κ2) is 3.63. The summed E-state index contributed by atoms with van der Waals surface area (Å²) in [6.45, 7) is 0. The van der Waals surface area contributed by atoms with Crippen LogP contribution < -0.4 is 11.2 Å². The Hall–Kier alpha value is -3.23. The molecule has 0 unspecified atom stereocenters. The molecule has 9 nitrogen and oxygen atoms in total. The van der Waals surface area contributed by atoms with Gasteiger partial charge >= 0.3 is 5.69 Å². The molecule has 0 aromatic carbocycles. The Morgan fingerprint density at radius 2 is 2.15 bits per heavy atom. The molecule has 0 aliphatic carbocycles. The molecule has 0 bridgehead atoms. The Kier molecular flexibility index (Phi) is 1.94. The molecular weight excluding hydrogens is 264 g/mol. The first-order valence-corrected chi connectivity index (χ1v) is 5.65. The first kappa shape index (κ1) is 10.7. The van der Waals surface area contributed by atoms with Crippen molar-refractivity contribution in [3.05, 3.63) is 45.5 Å². The summed E-state index contributed by atoms with van der Waals surface area (Å²) in [5.41, 5.74) is -0.0983. The minimum Gasteiger partial charge on any atom is -0.339 e. The molecule has 9 heteroatoms. The molecule has 0 saturated carbocycles. The third-order valence-corrected chi connectivity index (χ3v) is 2.91. The van der Waals surface area contributed by atoms with Gasteiger partial charge in [0.25, 0.3) is 11.4 Å². The second-order valence-corrected chi connectivity index (χ2v) is 4.06. The van der Waals surface area contributed by atoms with Crippen molar-refractivity contribution in [3.63, 3.8) is 0 Å². The van der Waals surface area contributed by atoms with Crippen LogP contribution in [-0.4, -0.2) is 29.7 Å². The summed E-state index contributed by atoms with van der Waals surface area (Å²) >= 11 is 0. The Bertz CT molecular complexity index is 1050. The minimum absolute atomic E-state index is 0.0247. The van der Waals surface area contributed by atoms with Gasteiger partial charge in [0.2, 0.25) is 0 Å². The van der Waals surface area contributed by atoms with E-state index in [4.69, 9.17) is 4.52 Å². The maximum atomic E-state index is 12.3. The summed E-state index contributed by atoms with van der Waals surface area (Å²) in [5, 5.41) is 3.77. The van der Waals surface area contributed by atoms with Crippen molar-refractivity contribution in [3.8, 4) is 5.88 Å². The predicted octanol–water partition coefficient (Wildman–Crippen LogP) is -0.0617. The molecule has 0 spiro atoms. The molecule has 4 rings (SSSR count). The third kappa shape index (κ3) is 1.28. The fourth-order valence-corrected chi connectivity index (χ4v) is 2.02. The Labute approximate surface area is 108 Å². The number of rotatable bonds is 1. The van der Waals surface area contributed by atoms with Crippen molar-refractivity contribution in [2.45, 2.75) is 0 Å². The van der Waals surface area contributed by atoms with Gasteiger partial charge in [0, 0.05) is 6.20 Å². The Morgan fingerprint density at radius 3 is 3.05 bits per heavy atom. The first-order chi connectivity index (χ1) is 9.75. The van der Waals surface area contributed by atoms with E-state index < -0.39 is 11.2 Å². The molecule has 0 radical (unpaired) electrons. The van der Waals surface area contributed by atoms with Gasteiger partial charge in [-0.05, 0) is 12.1 Å². The summed E-state index contributed by atoms with van der Waals surface area (Å²) in [6.07, 6.45) is 2.85. The number of nitrogens with one attached hydrogen (secondary N) is 2. The van der Waals surface area contributed by atoms with Crippen LogP contribution in [-0.2, 0) is 0 Å². The van der Waals surface area contributed by atoms with Gasteiger partial charge in [0.15, 0.2) is 11.2 Å². The summed E-state index contributed by atoms with van der Waals surface area (Å²) in [6, 6.07) is 3.35. The Morgan fingerprint density at radius 1 is 1.25 bits per heavy atom. The van der Waals surface area contributed by atoms with Crippen LogP contribution >= 0.6 is 0 Å². The normalized spacial score (nSPS) is 11.4. The molecule has 0 saturated heterocycles. The van der Waals surface area contributed by atoms with E-state index in [1.807, 2.05) is 0 Å². The number of imidazole rings is 1. The van der Waals surface area contributed by atoms with Gasteiger partial charge in [-0.3, -0.25) is 9.78 Å². The molecule has 0 aliphatic rings. The number of aromatic nitrogens is 6. The lowest BCUT2D eigenvalue weighted by molar-refractivity contribution is 0.408. The average Bonchev–Trinajstić information content (AvgIpc) is 3.06. The highest BCUT2D eigenvalue weighted by Gasteiger charge is 2.18. The van der Waals surface area contributed by atoms with Gasteiger partial charge in [-0.15, -0.1) is 0 Å². The van der Waals surface area contributed by atoms with E-state index in [2.05, 4.69) is 25.1 Å². The maximum Gasteiger partial charge on any atom is 0.337 e. The van der Waals surface area contributed by atoms with E-state index >= 15 is 0 Å². The van der Waals surface area contributed by atoms with E-state index in [-0.39, 0.29) is 17.0 Å². The average molecular weight is 270 g/mol. The number of H-pyrrole nitrogens is 2. The lowest BCUT2D eigenvalue weighted by Crippen LogP contribution is -2.33. The number of fused-ring (bicyclic) bond motifs is 2. The molecule has 4 aromatic rings. The van der Waals surface area contributed by atoms with E-state index in [0.29, 0.717) is 11.0 Å². The highest BCUT2D eigenvalue weighted by Crippen LogP contribution is 2.16. The predicted molar refractivity (Wildman–Crippen MR) is 67.7 cm³/mol. The number of nitrogens with zero attached hydrogens (tertiary/aromatic N) is 4. The van der Waals surface area contributed by atoms with Crippen molar-refractivity contribution < 1.29 is 4.52 Å².